The minimum Gasteiger partial charge on any atom is -0.393 e. The van der Waals surface area contributed by atoms with E-state index in [1.54, 1.807) is 0 Å². The van der Waals surface area contributed by atoms with E-state index in [9.17, 15) is 18.0 Å². The Hall–Kier alpha value is -2.18. The van der Waals surface area contributed by atoms with Gasteiger partial charge in [0.2, 0.25) is 0 Å². The van der Waals surface area contributed by atoms with Crippen LogP contribution in [0.15, 0.2) is 16.9 Å². The molecule has 2 aromatic rings. The van der Waals surface area contributed by atoms with E-state index < -0.39 is 28.4 Å². The minimum absolute atomic E-state index is 0.0471. The molecule has 2 rings (SSSR count). The first-order valence-electron chi connectivity index (χ1n) is 6.28. The first-order valence-corrected chi connectivity index (χ1v) is 6.28. The van der Waals surface area contributed by atoms with Gasteiger partial charge in [-0.05, 0) is 0 Å². The Balaban J connectivity index is 2.84. The van der Waals surface area contributed by atoms with Gasteiger partial charge in [-0.2, -0.15) is 0 Å². The molecule has 7 heteroatoms. The molecule has 1 aromatic carbocycles. The number of rotatable bonds is 1. The summed E-state index contributed by atoms with van der Waals surface area (Å²) in [6.45, 7) is 5.51. The molecule has 21 heavy (non-hydrogen) atoms. The van der Waals surface area contributed by atoms with Crippen LogP contribution in [0, 0.1) is 17.5 Å². The van der Waals surface area contributed by atoms with E-state index in [0.717, 1.165) is 4.68 Å². The smallest absolute Gasteiger partial charge is 0.294 e. The molecular formula is C14H16F3N3O. The van der Waals surface area contributed by atoms with Gasteiger partial charge in [0, 0.05) is 24.6 Å². The van der Waals surface area contributed by atoms with Crippen molar-refractivity contribution in [3.63, 3.8) is 0 Å². The Morgan fingerprint density at radius 2 is 1.57 bits per heavy atom. The normalized spacial score (nSPS) is 12.0. The summed E-state index contributed by atoms with van der Waals surface area (Å²) >= 11 is 0. The van der Waals surface area contributed by atoms with Gasteiger partial charge in [0.1, 0.15) is 11.4 Å². The molecule has 0 aliphatic heterocycles. The third-order valence-electron chi connectivity index (χ3n) is 3.23. The monoisotopic (exact) mass is 299 g/mol. The average molecular weight is 299 g/mol. The highest BCUT2D eigenvalue weighted by atomic mass is 19.2. The Kier molecular flexibility index (Phi) is 3.39. The SMILES string of the molecule is Cn1c(C(C)(C)C)c(N)c(=O)n1-c1cc(F)c(F)cc1F. The number of anilines is 1. The first-order chi connectivity index (χ1) is 9.55. The van der Waals surface area contributed by atoms with Crippen LogP contribution in [-0.4, -0.2) is 9.36 Å². The molecule has 2 N–H and O–H groups in total. The van der Waals surface area contributed by atoms with Gasteiger partial charge in [-0.25, -0.2) is 17.9 Å². The summed E-state index contributed by atoms with van der Waals surface area (Å²) in [5, 5.41) is 0. The number of aromatic nitrogens is 2. The quantitative estimate of drug-likeness (QED) is 0.822. The van der Waals surface area contributed by atoms with E-state index in [4.69, 9.17) is 5.73 Å². The summed E-state index contributed by atoms with van der Waals surface area (Å²) in [4.78, 5) is 12.2. The van der Waals surface area contributed by atoms with Gasteiger partial charge < -0.3 is 5.73 Å². The van der Waals surface area contributed by atoms with Crippen molar-refractivity contribution in [2.45, 2.75) is 26.2 Å². The zero-order chi connectivity index (χ0) is 16.1. The van der Waals surface area contributed by atoms with Crippen molar-refractivity contribution in [1.29, 1.82) is 0 Å². The second-order valence-electron chi connectivity index (χ2n) is 5.87. The van der Waals surface area contributed by atoms with E-state index in [-0.39, 0.29) is 11.4 Å². The van der Waals surface area contributed by atoms with Crippen molar-refractivity contribution >= 4 is 5.69 Å². The lowest BCUT2D eigenvalue weighted by molar-refractivity contribution is 0.474. The van der Waals surface area contributed by atoms with Crippen molar-refractivity contribution in [2.75, 3.05) is 5.73 Å². The van der Waals surface area contributed by atoms with E-state index in [1.165, 1.54) is 11.7 Å². The Labute approximate surface area is 119 Å². The highest BCUT2D eigenvalue weighted by molar-refractivity contribution is 5.48. The lowest BCUT2D eigenvalue weighted by Crippen LogP contribution is -2.23. The lowest BCUT2D eigenvalue weighted by atomic mass is 9.91. The second kappa shape index (κ2) is 4.68. The van der Waals surface area contributed by atoms with Crippen LogP contribution < -0.4 is 11.3 Å². The highest BCUT2D eigenvalue weighted by Crippen LogP contribution is 2.27. The molecule has 1 heterocycles. The van der Waals surface area contributed by atoms with Gasteiger partial charge >= 0.3 is 0 Å². The van der Waals surface area contributed by atoms with E-state index in [2.05, 4.69) is 0 Å². The summed E-state index contributed by atoms with van der Waals surface area (Å²) in [5.41, 5.74) is 4.70. The van der Waals surface area contributed by atoms with Crippen LogP contribution in [0.4, 0.5) is 18.9 Å². The zero-order valence-corrected chi connectivity index (χ0v) is 12.2. The summed E-state index contributed by atoms with van der Waals surface area (Å²) in [6, 6.07) is 1.04. The number of benzene rings is 1. The molecule has 0 fully saturated rings. The highest BCUT2D eigenvalue weighted by Gasteiger charge is 2.27. The molecule has 0 saturated carbocycles. The zero-order valence-electron chi connectivity index (χ0n) is 12.2. The minimum atomic E-state index is -1.32. The molecule has 0 amide bonds. The largest absolute Gasteiger partial charge is 0.393 e. The van der Waals surface area contributed by atoms with Crippen LogP contribution >= 0.6 is 0 Å². The van der Waals surface area contributed by atoms with E-state index >= 15 is 0 Å². The molecular weight excluding hydrogens is 283 g/mol. The van der Waals surface area contributed by atoms with E-state index in [1.807, 2.05) is 20.8 Å². The summed E-state index contributed by atoms with van der Waals surface area (Å²) in [5.74, 6) is -3.60. The number of hydrogen-bond acceptors (Lipinski definition) is 2. The Morgan fingerprint density at radius 1 is 1.05 bits per heavy atom. The molecule has 114 valence electrons. The Morgan fingerprint density at radius 3 is 2.05 bits per heavy atom. The molecule has 0 aliphatic carbocycles. The predicted octanol–water partition coefficient (Wildman–Crippen LogP) is 2.47. The third-order valence-corrected chi connectivity index (χ3v) is 3.23. The van der Waals surface area contributed by atoms with Crippen molar-refractivity contribution in [3.05, 3.63) is 45.6 Å². The van der Waals surface area contributed by atoms with Crippen LogP contribution in [0.25, 0.3) is 5.69 Å². The van der Waals surface area contributed by atoms with Gasteiger partial charge in [0.05, 0.1) is 5.69 Å². The number of nitrogens with zero attached hydrogens (tertiary/aromatic N) is 2. The fraction of sp³-hybridized carbons (Fsp3) is 0.357. The van der Waals surface area contributed by atoms with Crippen LogP contribution in [0.1, 0.15) is 26.5 Å². The van der Waals surface area contributed by atoms with Crippen molar-refractivity contribution < 1.29 is 13.2 Å². The van der Waals surface area contributed by atoms with Crippen molar-refractivity contribution in [1.82, 2.24) is 9.36 Å². The number of halogens is 3. The summed E-state index contributed by atoms with van der Waals surface area (Å²) in [6.07, 6.45) is 0. The first kappa shape index (κ1) is 15.2. The van der Waals surface area contributed by atoms with E-state index in [0.29, 0.717) is 17.8 Å². The standard InChI is InChI=1S/C14H16F3N3O/c1-14(2,3)12-11(18)13(21)20(19(12)4)10-6-8(16)7(15)5-9(10)17/h5-6H,18H2,1-4H3. The van der Waals surface area contributed by atoms with Crippen LogP contribution in [0.5, 0.6) is 0 Å². The molecule has 0 radical (unpaired) electrons. The van der Waals surface area contributed by atoms with Gasteiger partial charge in [-0.1, -0.05) is 20.8 Å². The molecule has 0 saturated heterocycles. The number of nitrogens with two attached hydrogens (primary N) is 1. The van der Waals surface area contributed by atoms with Crippen LogP contribution in [0.3, 0.4) is 0 Å². The molecule has 0 bridgehead atoms. The number of nitrogen functional groups attached to an aromatic ring is 1. The fourth-order valence-corrected chi connectivity index (χ4v) is 2.46. The Bertz CT molecular complexity index is 769. The van der Waals surface area contributed by atoms with Gasteiger partial charge in [-0.3, -0.25) is 9.48 Å². The van der Waals surface area contributed by atoms with Crippen molar-refractivity contribution in [2.24, 2.45) is 7.05 Å². The molecule has 4 nitrogen and oxygen atoms in total. The molecule has 0 aliphatic rings. The van der Waals surface area contributed by atoms with Crippen LogP contribution in [-0.2, 0) is 12.5 Å². The van der Waals surface area contributed by atoms with Gasteiger partial charge in [-0.15, -0.1) is 0 Å². The summed E-state index contributed by atoms with van der Waals surface area (Å²) in [7, 11) is 1.51. The average Bonchev–Trinajstić information content (AvgIpc) is 2.55. The number of hydrogen-bond donors (Lipinski definition) is 1. The van der Waals surface area contributed by atoms with Crippen molar-refractivity contribution in [3.8, 4) is 5.69 Å². The van der Waals surface area contributed by atoms with Crippen LogP contribution in [0.2, 0.25) is 0 Å². The summed E-state index contributed by atoms with van der Waals surface area (Å²) < 4.78 is 42.5. The molecule has 0 unspecified atom stereocenters. The topological polar surface area (TPSA) is 52.9 Å². The molecule has 1 aromatic heterocycles. The second-order valence-corrected chi connectivity index (χ2v) is 5.87. The van der Waals surface area contributed by atoms with Gasteiger partial charge in [0.15, 0.2) is 17.5 Å². The lowest BCUT2D eigenvalue weighted by Gasteiger charge is -2.21. The van der Waals surface area contributed by atoms with Gasteiger partial charge in [0.25, 0.3) is 5.56 Å². The predicted molar refractivity (Wildman–Crippen MR) is 74.0 cm³/mol. The molecule has 0 atom stereocenters. The fourth-order valence-electron chi connectivity index (χ4n) is 2.46. The maximum absolute atomic E-state index is 13.9. The maximum atomic E-state index is 13.9. The maximum Gasteiger partial charge on any atom is 0.294 e. The molecule has 0 spiro atoms. The third kappa shape index (κ3) is 2.32.